The molecule has 0 aromatic heterocycles. The van der Waals surface area contributed by atoms with Gasteiger partial charge < -0.3 is 4.74 Å². The predicted octanol–water partition coefficient (Wildman–Crippen LogP) is 3.91. The zero-order chi connectivity index (χ0) is 20.2. The number of carbonyl (C=O) groups excluding carboxylic acids is 1. The normalized spacial score (nSPS) is 17.3. The maximum Gasteiger partial charge on any atom is 0.302 e. The second-order valence-electron chi connectivity index (χ2n) is 6.52. The number of rotatable bonds is 5. The molecule has 2 aliphatic heterocycles. The van der Waals surface area contributed by atoms with E-state index in [1.54, 1.807) is 6.92 Å². The minimum absolute atomic E-state index is 0.273. The van der Waals surface area contributed by atoms with Crippen molar-refractivity contribution in [3.05, 3.63) is 66.2 Å². The van der Waals surface area contributed by atoms with Gasteiger partial charge in [-0.1, -0.05) is 36.4 Å². The molecule has 2 heterocycles. The van der Waals surface area contributed by atoms with Crippen molar-refractivity contribution in [2.24, 2.45) is 15.2 Å². The number of nitrogens with one attached hydrogen (secondary N) is 1. The molecule has 2 aliphatic rings. The topological polar surface area (TPSA) is 78.6 Å². The van der Waals surface area contributed by atoms with Crippen LogP contribution in [0.3, 0.4) is 0 Å². The highest BCUT2D eigenvalue weighted by Gasteiger charge is 2.33. The summed E-state index contributed by atoms with van der Waals surface area (Å²) in [6.45, 7) is 4.31. The molecule has 146 valence electrons. The van der Waals surface area contributed by atoms with Gasteiger partial charge in [0.25, 0.3) is 0 Å². The Labute approximate surface area is 169 Å². The Morgan fingerprint density at radius 1 is 1.14 bits per heavy atom. The molecule has 4 rings (SSSR count). The number of hydrazone groups is 2. The van der Waals surface area contributed by atoms with Crippen LogP contribution in [0.4, 0.5) is 5.69 Å². The first-order valence-corrected chi connectivity index (χ1v) is 9.45. The molecule has 0 saturated carbocycles. The van der Waals surface area contributed by atoms with E-state index >= 15 is 0 Å². The zero-order valence-electron chi connectivity index (χ0n) is 16.3. The van der Waals surface area contributed by atoms with Gasteiger partial charge in [0.15, 0.2) is 5.71 Å². The molecule has 2 aromatic carbocycles. The van der Waals surface area contributed by atoms with E-state index in [1.165, 1.54) is 5.01 Å². The van der Waals surface area contributed by atoms with Crippen LogP contribution in [0.15, 0.2) is 75.9 Å². The van der Waals surface area contributed by atoms with E-state index in [1.807, 2.05) is 67.6 Å². The highest BCUT2D eigenvalue weighted by molar-refractivity contribution is 6.69. The van der Waals surface area contributed by atoms with Gasteiger partial charge in [-0.25, -0.2) is 4.99 Å². The fourth-order valence-corrected chi connectivity index (χ4v) is 3.06. The first-order valence-electron chi connectivity index (χ1n) is 9.45. The van der Waals surface area contributed by atoms with Gasteiger partial charge in [0.2, 0.25) is 0 Å². The number of amidine groups is 1. The van der Waals surface area contributed by atoms with E-state index in [2.05, 4.69) is 20.6 Å². The molecule has 0 atom stereocenters. The maximum absolute atomic E-state index is 12.8. The van der Waals surface area contributed by atoms with Gasteiger partial charge in [-0.15, -0.1) is 0 Å². The van der Waals surface area contributed by atoms with Crippen LogP contribution in [-0.4, -0.2) is 34.8 Å². The monoisotopic (exact) mass is 387 g/mol. The molecule has 0 saturated heterocycles. The molecule has 1 N–H and O–H groups in total. The molecular formula is C22H21N5O2. The Balaban J connectivity index is 1.46. The van der Waals surface area contributed by atoms with Crippen LogP contribution < -0.4 is 10.2 Å². The average Bonchev–Trinajstić information content (AvgIpc) is 3.34. The number of hydrogen-bond donors (Lipinski definition) is 1. The summed E-state index contributed by atoms with van der Waals surface area (Å²) >= 11 is 0. The van der Waals surface area contributed by atoms with Crippen molar-refractivity contribution in [3.8, 4) is 5.75 Å². The van der Waals surface area contributed by atoms with Crippen LogP contribution in [0.5, 0.6) is 5.75 Å². The molecule has 0 fully saturated rings. The summed E-state index contributed by atoms with van der Waals surface area (Å²) in [6, 6.07) is 17.2. The van der Waals surface area contributed by atoms with Crippen LogP contribution >= 0.6 is 0 Å². The number of anilines is 1. The summed E-state index contributed by atoms with van der Waals surface area (Å²) in [5.41, 5.74) is 6.35. The maximum atomic E-state index is 12.8. The van der Waals surface area contributed by atoms with E-state index < -0.39 is 0 Å². The summed E-state index contributed by atoms with van der Waals surface area (Å²) in [7, 11) is 0. The van der Waals surface area contributed by atoms with Crippen LogP contribution in [0.1, 0.15) is 25.8 Å². The minimum Gasteiger partial charge on any atom is -0.494 e. The molecule has 0 aliphatic carbocycles. The first-order chi connectivity index (χ1) is 14.2. The largest absolute Gasteiger partial charge is 0.494 e. The highest BCUT2D eigenvalue weighted by atomic mass is 16.5. The number of carbonyl (C=O) groups is 1. The van der Waals surface area contributed by atoms with Crippen molar-refractivity contribution in [3.63, 3.8) is 0 Å². The van der Waals surface area contributed by atoms with E-state index in [-0.39, 0.29) is 11.6 Å². The van der Waals surface area contributed by atoms with E-state index in [9.17, 15) is 4.79 Å². The van der Waals surface area contributed by atoms with Crippen molar-refractivity contribution in [1.29, 1.82) is 0 Å². The summed E-state index contributed by atoms with van der Waals surface area (Å²) in [6.07, 6.45) is 2.54. The highest BCUT2D eigenvalue weighted by Crippen LogP contribution is 2.25. The van der Waals surface area contributed by atoms with E-state index in [0.29, 0.717) is 24.6 Å². The van der Waals surface area contributed by atoms with Crippen LogP contribution in [0.2, 0.25) is 0 Å². The summed E-state index contributed by atoms with van der Waals surface area (Å²) in [5, 5.41) is 9.95. The summed E-state index contributed by atoms with van der Waals surface area (Å²) in [5.74, 6) is 1.09. The second kappa shape index (κ2) is 8.10. The van der Waals surface area contributed by atoms with Crippen molar-refractivity contribution in [2.45, 2.75) is 20.3 Å². The number of nitrogens with zero attached hydrogens (tertiary/aromatic N) is 4. The van der Waals surface area contributed by atoms with Crippen LogP contribution in [0.25, 0.3) is 5.70 Å². The lowest BCUT2D eigenvalue weighted by molar-refractivity contribution is -0.119. The molecule has 7 nitrogen and oxygen atoms in total. The molecule has 0 radical (unpaired) electrons. The predicted molar refractivity (Wildman–Crippen MR) is 115 cm³/mol. The lowest BCUT2D eigenvalue weighted by Gasteiger charge is -2.10. The molecule has 29 heavy (non-hydrogen) atoms. The Kier molecular flexibility index (Phi) is 5.20. The Bertz CT molecular complexity index is 1040. The van der Waals surface area contributed by atoms with Crippen molar-refractivity contribution in [2.75, 3.05) is 12.0 Å². The molecule has 1 amide bonds. The number of benzene rings is 2. The fourth-order valence-electron chi connectivity index (χ4n) is 3.06. The van der Waals surface area contributed by atoms with Gasteiger partial charge in [-0.3, -0.25) is 10.2 Å². The van der Waals surface area contributed by atoms with Crippen molar-refractivity contribution < 1.29 is 9.53 Å². The van der Waals surface area contributed by atoms with E-state index in [4.69, 9.17) is 4.74 Å². The SMILES string of the molecule is CCOc1ccc(N/N=C2\C(=O)N(C3=NC(c4ccccc4)=CC3)N=C2C)cc1. The van der Waals surface area contributed by atoms with Crippen LogP contribution in [0, 0.1) is 0 Å². The third kappa shape index (κ3) is 3.94. The Hall–Kier alpha value is -3.74. The fraction of sp³-hybridized carbons (Fsp3) is 0.182. The quantitative estimate of drug-likeness (QED) is 0.790. The number of ether oxygens (including phenoxy) is 1. The van der Waals surface area contributed by atoms with Crippen molar-refractivity contribution >= 4 is 34.6 Å². The third-order valence-electron chi connectivity index (χ3n) is 4.49. The number of hydrogen-bond acceptors (Lipinski definition) is 6. The lowest BCUT2D eigenvalue weighted by atomic mass is 10.1. The number of aliphatic imine (C=N–C) groups is 1. The Morgan fingerprint density at radius 2 is 1.90 bits per heavy atom. The molecule has 2 aromatic rings. The van der Waals surface area contributed by atoms with Crippen LogP contribution in [-0.2, 0) is 4.79 Å². The van der Waals surface area contributed by atoms with Gasteiger partial charge in [-0.05, 0) is 43.7 Å². The Morgan fingerprint density at radius 3 is 2.62 bits per heavy atom. The van der Waals surface area contributed by atoms with Gasteiger partial charge in [0.05, 0.1) is 23.7 Å². The average molecular weight is 387 g/mol. The summed E-state index contributed by atoms with van der Waals surface area (Å²) < 4.78 is 5.42. The molecule has 7 heteroatoms. The zero-order valence-corrected chi connectivity index (χ0v) is 16.3. The third-order valence-corrected chi connectivity index (χ3v) is 4.49. The molecular weight excluding hydrogens is 366 g/mol. The first kappa shape index (κ1) is 18.6. The summed E-state index contributed by atoms with van der Waals surface area (Å²) in [4.78, 5) is 17.4. The molecule has 0 unspecified atom stereocenters. The smallest absolute Gasteiger partial charge is 0.302 e. The molecule has 0 spiro atoms. The lowest BCUT2D eigenvalue weighted by Crippen LogP contribution is -2.32. The van der Waals surface area contributed by atoms with Crippen molar-refractivity contribution in [1.82, 2.24) is 5.01 Å². The number of amides is 1. The van der Waals surface area contributed by atoms with Gasteiger partial charge in [0.1, 0.15) is 11.6 Å². The van der Waals surface area contributed by atoms with E-state index in [0.717, 1.165) is 22.7 Å². The molecule has 0 bridgehead atoms. The van der Waals surface area contributed by atoms with Gasteiger partial charge >= 0.3 is 5.91 Å². The van der Waals surface area contributed by atoms with Gasteiger partial charge in [0, 0.05) is 6.42 Å². The standard InChI is InChI=1S/C22H21N5O2/c1-3-29-18-11-9-17(10-12-18)24-25-21-15(2)26-27(22(21)28)20-14-13-19(23-20)16-7-5-4-6-8-16/h4-13,24H,3,14H2,1-2H3/b25-21-. The minimum atomic E-state index is -0.289. The van der Waals surface area contributed by atoms with Gasteiger partial charge in [-0.2, -0.15) is 15.2 Å². The second-order valence-corrected chi connectivity index (χ2v) is 6.52.